The second-order valence-corrected chi connectivity index (χ2v) is 4.93. The number of aliphatic hydroxyl groups is 1. The van der Waals surface area contributed by atoms with Crippen molar-refractivity contribution in [3.63, 3.8) is 0 Å². The summed E-state index contributed by atoms with van der Waals surface area (Å²) in [6.07, 6.45) is 0.709. The lowest BCUT2D eigenvalue weighted by Crippen LogP contribution is -2.36. The first-order valence-corrected chi connectivity index (χ1v) is 6.65. The summed E-state index contributed by atoms with van der Waals surface area (Å²) in [5.74, 6) is 1.73. The Labute approximate surface area is 118 Å². The van der Waals surface area contributed by atoms with Crippen molar-refractivity contribution in [3.05, 3.63) is 47.8 Å². The van der Waals surface area contributed by atoms with Crippen molar-refractivity contribution in [2.75, 3.05) is 17.7 Å². The maximum Gasteiger partial charge on any atom is 0.132 e. The van der Waals surface area contributed by atoms with Crippen LogP contribution in [0.15, 0.2) is 36.4 Å². The van der Waals surface area contributed by atoms with Crippen LogP contribution in [0, 0.1) is 0 Å². The number of aromatic nitrogens is 2. The Morgan fingerprint density at radius 1 is 1.25 bits per heavy atom. The minimum Gasteiger partial charge on any atom is -0.394 e. The molecule has 0 aliphatic rings. The van der Waals surface area contributed by atoms with Crippen molar-refractivity contribution in [1.29, 1.82) is 0 Å². The normalized spacial score (nSPS) is 13.8. The highest BCUT2D eigenvalue weighted by molar-refractivity contribution is 5.48. The predicted octanol–water partition coefficient (Wildman–Crippen LogP) is 1.94. The molecule has 0 bridgehead atoms. The fourth-order valence-electron chi connectivity index (χ4n) is 2.03. The molecule has 2 rings (SSSR count). The van der Waals surface area contributed by atoms with Gasteiger partial charge in [-0.15, -0.1) is 0 Å². The number of benzene rings is 1. The SMILES string of the molecule is CCc1nc(N)cc(NC(C)(CO)c2ccccc2)n1. The molecule has 0 spiro atoms. The molecule has 0 saturated heterocycles. The number of nitrogens with one attached hydrogen (secondary N) is 1. The van der Waals surface area contributed by atoms with E-state index in [1.54, 1.807) is 6.07 Å². The molecular weight excluding hydrogens is 252 g/mol. The topological polar surface area (TPSA) is 84.1 Å². The molecule has 20 heavy (non-hydrogen) atoms. The number of hydrogen-bond donors (Lipinski definition) is 3. The molecule has 0 saturated carbocycles. The molecule has 1 unspecified atom stereocenters. The third-order valence-electron chi connectivity index (χ3n) is 3.24. The first kappa shape index (κ1) is 14.3. The number of aryl methyl sites for hydroxylation is 1. The molecular formula is C15H20N4O. The summed E-state index contributed by atoms with van der Waals surface area (Å²) in [5.41, 5.74) is 6.15. The van der Waals surface area contributed by atoms with Crippen molar-refractivity contribution < 1.29 is 5.11 Å². The van der Waals surface area contributed by atoms with Crippen molar-refractivity contribution in [2.45, 2.75) is 25.8 Å². The van der Waals surface area contributed by atoms with Gasteiger partial charge in [0.1, 0.15) is 17.5 Å². The van der Waals surface area contributed by atoms with Crippen molar-refractivity contribution in [3.8, 4) is 0 Å². The molecule has 0 amide bonds. The highest BCUT2D eigenvalue weighted by Crippen LogP contribution is 2.25. The van der Waals surface area contributed by atoms with Crippen LogP contribution >= 0.6 is 0 Å². The minimum atomic E-state index is -0.618. The molecule has 106 valence electrons. The van der Waals surface area contributed by atoms with E-state index in [4.69, 9.17) is 5.73 Å². The van der Waals surface area contributed by atoms with Crippen LogP contribution in [0.25, 0.3) is 0 Å². The third kappa shape index (κ3) is 3.05. The zero-order chi connectivity index (χ0) is 14.6. The average Bonchev–Trinajstić information content (AvgIpc) is 2.47. The summed E-state index contributed by atoms with van der Waals surface area (Å²) in [6.45, 7) is 3.84. The van der Waals surface area contributed by atoms with Gasteiger partial charge >= 0.3 is 0 Å². The zero-order valence-corrected chi connectivity index (χ0v) is 11.8. The fourth-order valence-corrected chi connectivity index (χ4v) is 2.03. The first-order valence-electron chi connectivity index (χ1n) is 6.65. The van der Waals surface area contributed by atoms with Crippen molar-refractivity contribution >= 4 is 11.6 Å². The summed E-state index contributed by atoms with van der Waals surface area (Å²) in [7, 11) is 0. The third-order valence-corrected chi connectivity index (χ3v) is 3.24. The van der Waals surface area contributed by atoms with Gasteiger partial charge in [0.25, 0.3) is 0 Å². The first-order chi connectivity index (χ1) is 9.57. The van der Waals surface area contributed by atoms with Crippen LogP contribution < -0.4 is 11.1 Å². The Balaban J connectivity index is 2.33. The molecule has 2 aromatic rings. The monoisotopic (exact) mass is 272 g/mol. The van der Waals surface area contributed by atoms with Crippen LogP contribution in [0.5, 0.6) is 0 Å². The molecule has 5 heteroatoms. The van der Waals surface area contributed by atoms with Gasteiger partial charge < -0.3 is 16.2 Å². The number of nitrogen functional groups attached to an aromatic ring is 1. The van der Waals surface area contributed by atoms with E-state index in [1.807, 2.05) is 44.2 Å². The predicted molar refractivity (Wildman–Crippen MR) is 80.3 cm³/mol. The zero-order valence-electron chi connectivity index (χ0n) is 11.8. The Kier molecular flexibility index (Phi) is 4.20. The Morgan fingerprint density at radius 2 is 1.95 bits per heavy atom. The minimum absolute atomic E-state index is 0.0532. The summed E-state index contributed by atoms with van der Waals surface area (Å²) >= 11 is 0. The Bertz CT molecular complexity index is 573. The van der Waals surface area contributed by atoms with E-state index in [0.717, 1.165) is 5.56 Å². The summed E-state index contributed by atoms with van der Waals surface area (Å²) in [6, 6.07) is 11.4. The van der Waals surface area contributed by atoms with Crippen LogP contribution in [-0.4, -0.2) is 21.7 Å². The molecule has 1 atom stereocenters. The molecule has 1 heterocycles. The van der Waals surface area contributed by atoms with E-state index in [2.05, 4.69) is 15.3 Å². The quantitative estimate of drug-likeness (QED) is 0.774. The molecule has 0 fully saturated rings. The molecule has 0 radical (unpaired) electrons. The highest BCUT2D eigenvalue weighted by atomic mass is 16.3. The van der Waals surface area contributed by atoms with Crippen LogP contribution in [0.3, 0.4) is 0 Å². The van der Waals surface area contributed by atoms with Crippen molar-refractivity contribution in [2.24, 2.45) is 0 Å². The van der Waals surface area contributed by atoms with Crippen LogP contribution in [-0.2, 0) is 12.0 Å². The van der Waals surface area contributed by atoms with Gasteiger partial charge in [-0.1, -0.05) is 37.3 Å². The van der Waals surface area contributed by atoms with Gasteiger partial charge in [-0.3, -0.25) is 0 Å². The second kappa shape index (κ2) is 5.88. The van der Waals surface area contributed by atoms with E-state index in [0.29, 0.717) is 23.9 Å². The lowest BCUT2D eigenvalue weighted by Gasteiger charge is -2.30. The molecule has 4 N–H and O–H groups in total. The smallest absolute Gasteiger partial charge is 0.132 e. The van der Waals surface area contributed by atoms with Gasteiger partial charge in [0, 0.05) is 12.5 Å². The van der Waals surface area contributed by atoms with Gasteiger partial charge in [0.15, 0.2) is 0 Å². The van der Waals surface area contributed by atoms with Crippen molar-refractivity contribution in [1.82, 2.24) is 9.97 Å². The van der Waals surface area contributed by atoms with Crippen LogP contribution in [0.2, 0.25) is 0 Å². The number of hydrogen-bond acceptors (Lipinski definition) is 5. The number of nitrogens with zero attached hydrogens (tertiary/aromatic N) is 2. The van der Waals surface area contributed by atoms with Gasteiger partial charge in [-0.25, -0.2) is 9.97 Å². The van der Waals surface area contributed by atoms with Gasteiger partial charge in [0.2, 0.25) is 0 Å². The summed E-state index contributed by atoms with van der Waals surface area (Å²) in [4.78, 5) is 8.54. The number of anilines is 2. The van der Waals surface area contributed by atoms with Crippen LogP contribution in [0.4, 0.5) is 11.6 Å². The van der Waals surface area contributed by atoms with Gasteiger partial charge in [-0.2, -0.15) is 0 Å². The number of rotatable bonds is 5. The lowest BCUT2D eigenvalue weighted by molar-refractivity contribution is 0.223. The van der Waals surface area contributed by atoms with Crippen LogP contribution in [0.1, 0.15) is 25.2 Å². The molecule has 1 aromatic heterocycles. The Morgan fingerprint density at radius 3 is 2.55 bits per heavy atom. The number of aliphatic hydroxyl groups excluding tert-OH is 1. The summed E-state index contributed by atoms with van der Waals surface area (Å²) in [5, 5.41) is 13.0. The average molecular weight is 272 g/mol. The van der Waals surface area contributed by atoms with Gasteiger partial charge in [-0.05, 0) is 12.5 Å². The molecule has 0 aliphatic carbocycles. The standard InChI is InChI=1S/C15H20N4O/c1-3-13-17-12(16)9-14(18-13)19-15(2,10-20)11-7-5-4-6-8-11/h4-9,20H,3,10H2,1-2H3,(H3,16,17,18,19). The van der Waals surface area contributed by atoms with E-state index in [-0.39, 0.29) is 6.61 Å². The van der Waals surface area contributed by atoms with Gasteiger partial charge in [0.05, 0.1) is 12.1 Å². The molecule has 0 aliphatic heterocycles. The number of nitrogens with two attached hydrogens (primary N) is 1. The van der Waals surface area contributed by atoms with E-state index in [9.17, 15) is 5.11 Å². The maximum absolute atomic E-state index is 9.76. The fraction of sp³-hybridized carbons (Fsp3) is 0.333. The summed E-state index contributed by atoms with van der Waals surface area (Å²) < 4.78 is 0. The van der Waals surface area contributed by atoms with E-state index < -0.39 is 5.54 Å². The maximum atomic E-state index is 9.76. The van der Waals surface area contributed by atoms with E-state index >= 15 is 0 Å². The Hall–Kier alpha value is -2.14. The highest BCUT2D eigenvalue weighted by Gasteiger charge is 2.26. The molecule has 1 aromatic carbocycles. The lowest BCUT2D eigenvalue weighted by atomic mass is 9.93. The van der Waals surface area contributed by atoms with E-state index in [1.165, 1.54) is 0 Å². The molecule has 5 nitrogen and oxygen atoms in total. The largest absolute Gasteiger partial charge is 0.394 e. The second-order valence-electron chi connectivity index (χ2n) is 4.93.